The maximum Gasteiger partial charge on any atom is 0.265 e. The molecule has 98 valence electrons. The highest BCUT2D eigenvalue weighted by molar-refractivity contribution is 6.33. The third-order valence-electron chi connectivity index (χ3n) is 2.55. The van der Waals surface area contributed by atoms with Crippen molar-refractivity contribution in [3.8, 4) is 0 Å². The van der Waals surface area contributed by atoms with Crippen LogP contribution < -0.4 is 5.49 Å². The zero-order valence-electron chi connectivity index (χ0n) is 10.9. The summed E-state index contributed by atoms with van der Waals surface area (Å²) in [6.45, 7) is 3.94. The highest BCUT2D eigenvalue weighted by Gasteiger charge is 2.11. The summed E-state index contributed by atoms with van der Waals surface area (Å²) in [6.07, 6.45) is 1.70. The van der Waals surface area contributed by atoms with Gasteiger partial charge >= 0.3 is 0 Å². The molecule has 0 aliphatic heterocycles. The Bertz CT molecular complexity index is 659. The molecule has 0 spiro atoms. The SMILES string of the molecule is CC(C)N=c1ccccn1C(=O)c1ccccc1Cl. The van der Waals surface area contributed by atoms with Gasteiger partial charge in [-0.2, -0.15) is 0 Å². The van der Waals surface area contributed by atoms with Crippen molar-refractivity contribution >= 4 is 17.5 Å². The molecule has 1 aromatic carbocycles. The van der Waals surface area contributed by atoms with Gasteiger partial charge in [0.2, 0.25) is 0 Å². The quantitative estimate of drug-likeness (QED) is 0.828. The van der Waals surface area contributed by atoms with Crippen molar-refractivity contribution in [2.75, 3.05) is 0 Å². The molecule has 0 N–H and O–H groups in total. The van der Waals surface area contributed by atoms with Crippen molar-refractivity contribution < 1.29 is 4.79 Å². The Balaban J connectivity index is 2.55. The monoisotopic (exact) mass is 274 g/mol. The summed E-state index contributed by atoms with van der Waals surface area (Å²) in [5, 5.41) is 0.444. The van der Waals surface area contributed by atoms with Gasteiger partial charge in [-0.3, -0.25) is 14.4 Å². The molecule has 0 aliphatic rings. The first-order valence-electron chi connectivity index (χ1n) is 6.10. The zero-order chi connectivity index (χ0) is 13.8. The van der Waals surface area contributed by atoms with Gasteiger partial charge in [0.1, 0.15) is 5.49 Å². The first kappa shape index (κ1) is 13.6. The molecule has 0 radical (unpaired) electrons. The first-order valence-corrected chi connectivity index (χ1v) is 6.48. The number of halogens is 1. The highest BCUT2D eigenvalue weighted by atomic mass is 35.5. The fourth-order valence-electron chi connectivity index (χ4n) is 1.74. The molecule has 0 atom stereocenters. The van der Waals surface area contributed by atoms with E-state index in [0.29, 0.717) is 16.1 Å². The van der Waals surface area contributed by atoms with E-state index < -0.39 is 0 Å². The van der Waals surface area contributed by atoms with Gasteiger partial charge in [-0.1, -0.05) is 29.8 Å². The van der Waals surface area contributed by atoms with Crippen LogP contribution in [0, 0.1) is 0 Å². The van der Waals surface area contributed by atoms with E-state index in [1.807, 2.05) is 26.0 Å². The molecule has 0 amide bonds. The van der Waals surface area contributed by atoms with Crippen LogP contribution >= 0.6 is 11.6 Å². The standard InChI is InChI=1S/C15H15ClN2O/c1-11(2)17-14-9-5-6-10-18(14)15(19)12-7-3-4-8-13(12)16/h3-11H,1-2H3. The van der Waals surface area contributed by atoms with Gasteiger partial charge in [0, 0.05) is 12.2 Å². The number of hydrogen-bond donors (Lipinski definition) is 0. The zero-order valence-corrected chi connectivity index (χ0v) is 11.6. The summed E-state index contributed by atoms with van der Waals surface area (Å²) in [4.78, 5) is 16.9. The predicted molar refractivity (Wildman–Crippen MR) is 76.3 cm³/mol. The average Bonchev–Trinajstić information content (AvgIpc) is 2.38. The maximum atomic E-state index is 12.5. The summed E-state index contributed by atoms with van der Waals surface area (Å²) < 4.78 is 1.52. The topological polar surface area (TPSA) is 34.4 Å². The lowest BCUT2D eigenvalue weighted by atomic mass is 10.2. The Morgan fingerprint density at radius 2 is 1.84 bits per heavy atom. The van der Waals surface area contributed by atoms with E-state index in [1.54, 1.807) is 36.5 Å². The van der Waals surface area contributed by atoms with Gasteiger partial charge in [0.05, 0.1) is 10.6 Å². The third-order valence-corrected chi connectivity index (χ3v) is 2.88. The third kappa shape index (κ3) is 3.12. The second-order valence-electron chi connectivity index (χ2n) is 4.44. The molecule has 0 bridgehead atoms. The van der Waals surface area contributed by atoms with Crippen LogP contribution in [-0.2, 0) is 0 Å². The molecule has 0 saturated heterocycles. The fourth-order valence-corrected chi connectivity index (χ4v) is 1.96. The van der Waals surface area contributed by atoms with E-state index in [1.165, 1.54) is 4.57 Å². The molecule has 0 unspecified atom stereocenters. The van der Waals surface area contributed by atoms with Gasteiger partial charge in [-0.25, -0.2) is 0 Å². The second kappa shape index (κ2) is 5.85. The molecule has 1 aromatic heterocycles. The number of benzene rings is 1. The molecule has 0 saturated carbocycles. The Morgan fingerprint density at radius 3 is 2.53 bits per heavy atom. The summed E-state index contributed by atoms with van der Waals surface area (Å²) in [5.74, 6) is -0.175. The van der Waals surface area contributed by atoms with Crippen molar-refractivity contribution in [3.63, 3.8) is 0 Å². The number of hydrogen-bond acceptors (Lipinski definition) is 2. The van der Waals surface area contributed by atoms with E-state index in [9.17, 15) is 4.79 Å². The normalized spacial score (nSPS) is 11.9. The number of nitrogens with zero attached hydrogens (tertiary/aromatic N) is 2. The van der Waals surface area contributed by atoms with Gasteiger partial charge in [-0.15, -0.1) is 0 Å². The van der Waals surface area contributed by atoms with Crippen LogP contribution in [0.5, 0.6) is 0 Å². The Hall–Kier alpha value is -1.87. The number of carbonyl (C=O) groups is 1. The van der Waals surface area contributed by atoms with E-state index in [-0.39, 0.29) is 11.9 Å². The van der Waals surface area contributed by atoms with Crippen LogP contribution in [0.15, 0.2) is 53.7 Å². The smallest absolute Gasteiger partial charge is 0.265 e. The van der Waals surface area contributed by atoms with Gasteiger partial charge < -0.3 is 0 Å². The maximum absolute atomic E-state index is 12.5. The van der Waals surface area contributed by atoms with E-state index in [4.69, 9.17) is 11.6 Å². The Kier molecular flexibility index (Phi) is 4.17. The van der Waals surface area contributed by atoms with Crippen LogP contribution in [0.2, 0.25) is 5.02 Å². The minimum absolute atomic E-state index is 0.118. The fraction of sp³-hybridized carbons (Fsp3) is 0.200. The van der Waals surface area contributed by atoms with Crippen molar-refractivity contribution in [1.82, 2.24) is 4.57 Å². The summed E-state index contributed by atoms with van der Waals surface area (Å²) in [7, 11) is 0. The van der Waals surface area contributed by atoms with E-state index in [0.717, 1.165) is 0 Å². The van der Waals surface area contributed by atoms with Crippen LogP contribution in [-0.4, -0.2) is 16.5 Å². The summed E-state index contributed by atoms with van der Waals surface area (Å²) in [5.41, 5.74) is 1.10. The minimum atomic E-state index is -0.175. The van der Waals surface area contributed by atoms with Crippen LogP contribution in [0.4, 0.5) is 0 Å². The molecule has 0 aliphatic carbocycles. The molecule has 1 heterocycles. The van der Waals surface area contributed by atoms with Crippen LogP contribution in [0.3, 0.4) is 0 Å². The number of rotatable bonds is 2. The van der Waals surface area contributed by atoms with Crippen molar-refractivity contribution in [2.45, 2.75) is 19.9 Å². The molecule has 3 nitrogen and oxygen atoms in total. The van der Waals surface area contributed by atoms with Crippen molar-refractivity contribution in [1.29, 1.82) is 0 Å². The van der Waals surface area contributed by atoms with Gasteiger partial charge in [0.15, 0.2) is 0 Å². The molecule has 0 fully saturated rings. The van der Waals surface area contributed by atoms with Crippen LogP contribution in [0.25, 0.3) is 0 Å². The van der Waals surface area contributed by atoms with Crippen LogP contribution in [0.1, 0.15) is 24.2 Å². The molecular weight excluding hydrogens is 260 g/mol. The first-order chi connectivity index (χ1) is 9.09. The Labute approximate surface area is 117 Å². The average molecular weight is 275 g/mol. The lowest BCUT2D eigenvalue weighted by Crippen LogP contribution is -2.28. The lowest BCUT2D eigenvalue weighted by molar-refractivity contribution is 0.0954. The largest absolute Gasteiger partial charge is 0.268 e. The number of carbonyl (C=O) groups excluding carboxylic acids is 1. The van der Waals surface area contributed by atoms with Crippen molar-refractivity contribution in [3.05, 3.63) is 64.7 Å². The molecular formula is C15H15ClN2O. The Morgan fingerprint density at radius 1 is 1.16 bits per heavy atom. The molecule has 19 heavy (non-hydrogen) atoms. The van der Waals surface area contributed by atoms with Gasteiger partial charge in [0.25, 0.3) is 5.91 Å². The molecule has 2 aromatic rings. The molecule has 4 heteroatoms. The second-order valence-corrected chi connectivity index (χ2v) is 4.84. The summed E-state index contributed by atoms with van der Waals surface area (Å²) >= 11 is 6.06. The van der Waals surface area contributed by atoms with E-state index in [2.05, 4.69) is 4.99 Å². The summed E-state index contributed by atoms with van der Waals surface area (Å²) in [6, 6.07) is 12.6. The highest BCUT2D eigenvalue weighted by Crippen LogP contribution is 2.15. The van der Waals surface area contributed by atoms with Gasteiger partial charge in [-0.05, 0) is 38.1 Å². The lowest BCUT2D eigenvalue weighted by Gasteiger charge is -2.08. The molecule has 2 rings (SSSR count). The number of pyridine rings is 1. The minimum Gasteiger partial charge on any atom is -0.268 e. The van der Waals surface area contributed by atoms with E-state index >= 15 is 0 Å². The van der Waals surface area contributed by atoms with Crippen molar-refractivity contribution in [2.24, 2.45) is 4.99 Å². The number of aromatic nitrogens is 1. The predicted octanol–water partition coefficient (Wildman–Crippen LogP) is 3.14.